The second kappa shape index (κ2) is 6.95. The fourth-order valence-electron chi connectivity index (χ4n) is 0.974. The normalized spacial score (nSPS) is 10.1. The van der Waals surface area contributed by atoms with Crippen LogP contribution < -0.4 is 0 Å². The Kier molecular flexibility index (Phi) is 5.24. The van der Waals surface area contributed by atoms with E-state index in [0.717, 1.165) is 19.3 Å². The van der Waals surface area contributed by atoms with Crippen LogP contribution in [-0.2, 0) is 30.5 Å². The number of pyridine rings is 1. The average Bonchev–Trinajstić information content (AvgIpc) is 2.42. The molecule has 0 radical (unpaired) electrons. The zero-order chi connectivity index (χ0) is 13.4. The van der Waals surface area contributed by atoms with Crippen LogP contribution in [0.5, 0.6) is 0 Å². The number of ether oxygens (including phenoxy) is 2. The van der Waals surface area contributed by atoms with Crippen molar-refractivity contribution in [1.29, 1.82) is 0 Å². The molecule has 6 nitrogen and oxygen atoms in total. The molecule has 0 atom stereocenters. The molecule has 6 heteroatoms. The maximum atomic E-state index is 11.2. The molecule has 0 unspecified atom stereocenters. The Balaban J connectivity index is 2.44. The number of aromatic nitrogens is 1. The molecule has 1 aromatic heterocycles. The zero-order valence-electron chi connectivity index (χ0n) is 9.66. The number of ketones is 1. The summed E-state index contributed by atoms with van der Waals surface area (Å²) in [5.74, 6) is -2.71. The summed E-state index contributed by atoms with van der Waals surface area (Å²) in [5, 5.41) is 0. The number of carbonyl (C=O) groups excluding carboxylic acids is 3. The minimum atomic E-state index is -1.05. The number of hydrogen-bond donors (Lipinski definition) is 0. The predicted octanol–water partition coefficient (Wildman–Crippen LogP) is 0.423. The van der Waals surface area contributed by atoms with Crippen molar-refractivity contribution in [3.8, 4) is 0 Å². The highest BCUT2D eigenvalue weighted by Crippen LogP contribution is 1.97. The topological polar surface area (TPSA) is 82.6 Å². The molecule has 1 rings (SSSR count). The fourth-order valence-corrected chi connectivity index (χ4v) is 0.974. The fraction of sp³-hybridized carbons (Fsp3) is 0.167. The van der Waals surface area contributed by atoms with Gasteiger partial charge in [0.2, 0.25) is 0 Å². The molecule has 1 aromatic rings. The maximum Gasteiger partial charge on any atom is 0.379 e. The molecule has 18 heavy (non-hydrogen) atoms. The minimum absolute atomic E-state index is 0.0997. The molecule has 0 fully saturated rings. The van der Waals surface area contributed by atoms with Gasteiger partial charge in [-0.2, -0.15) is 0 Å². The summed E-state index contributed by atoms with van der Waals surface area (Å²) in [6.07, 6.45) is 3.19. The van der Waals surface area contributed by atoms with Crippen LogP contribution in [0.25, 0.3) is 0 Å². The summed E-state index contributed by atoms with van der Waals surface area (Å²) in [4.78, 5) is 37.0. The van der Waals surface area contributed by atoms with Crippen molar-refractivity contribution >= 4 is 17.7 Å². The highest BCUT2D eigenvalue weighted by atomic mass is 16.5. The van der Waals surface area contributed by atoms with Gasteiger partial charge in [0, 0.05) is 18.3 Å². The molecule has 0 aliphatic carbocycles. The second-order valence-corrected chi connectivity index (χ2v) is 3.12. The highest BCUT2D eigenvalue weighted by Gasteiger charge is 2.12. The molecule has 94 valence electrons. The molecule has 0 N–H and O–H groups in total. The molecule has 0 amide bonds. The van der Waals surface area contributed by atoms with Crippen molar-refractivity contribution in [1.82, 2.24) is 4.98 Å². The van der Waals surface area contributed by atoms with Gasteiger partial charge in [0.1, 0.15) is 6.61 Å². The minimum Gasteiger partial charge on any atom is -0.466 e. The first-order valence-corrected chi connectivity index (χ1v) is 5.00. The van der Waals surface area contributed by atoms with Gasteiger partial charge in [-0.15, -0.1) is 0 Å². The number of carbonyl (C=O) groups is 3. The number of esters is 2. The van der Waals surface area contributed by atoms with Gasteiger partial charge in [-0.1, -0.05) is 6.07 Å². The lowest BCUT2D eigenvalue weighted by Gasteiger charge is -2.01. The van der Waals surface area contributed by atoms with E-state index < -0.39 is 17.7 Å². The molecular formula is C12H11NO5. The summed E-state index contributed by atoms with van der Waals surface area (Å²) >= 11 is 0. The van der Waals surface area contributed by atoms with Crippen molar-refractivity contribution in [2.24, 2.45) is 0 Å². The summed E-state index contributed by atoms with van der Waals surface area (Å²) in [6, 6.07) is 5.10. The van der Waals surface area contributed by atoms with Gasteiger partial charge < -0.3 is 9.47 Å². The SMILES string of the molecule is COC(=O)/C=C/C(=O)C(=O)OCc1ccccn1. The van der Waals surface area contributed by atoms with E-state index in [1.54, 1.807) is 24.4 Å². The molecule has 0 bridgehead atoms. The van der Waals surface area contributed by atoms with Crippen molar-refractivity contribution in [3.63, 3.8) is 0 Å². The maximum absolute atomic E-state index is 11.2. The Hall–Kier alpha value is -2.50. The number of nitrogens with zero attached hydrogens (tertiary/aromatic N) is 1. The van der Waals surface area contributed by atoms with Gasteiger partial charge in [-0.25, -0.2) is 9.59 Å². The first-order chi connectivity index (χ1) is 8.63. The van der Waals surface area contributed by atoms with E-state index in [9.17, 15) is 14.4 Å². The Labute approximate surface area is 103 Å². The summed E-state index contributed by atoms with van der Waals surface area (Å²) in [5.41, 5.74) is 0.524. The Morgan fingerprint density at radius 3 is 2.67 bits per heavy atom. The summed E-state index contributed by atoms with van der Waals surface area (Å²) in [7, 11) is 1.16. The van der Waals surface area contributed by atoms with Crippen LogP contribution in [0.3, 0.4) is 0 Å². The van der Waals surface area contributed by atoms with E-state index in [0.29, 0.717) is 5.69 Å². The molecule has 0 spiro atoms. The van der Waals surface area contributed by atoms with Gasteiger partial charge in [0.25, 0.3) is 5.78 Å². The van der Waals surface area contributed by atoms with Crippen LogP contribution in [0.15, 0.2) is 36.5 Å². The van der Waals surface area contributed by atoms with E-state index in [4.69, 9.17) is 4.74 Å². The lowest BCUT2D eigenvalue weighted by Crippen LogP contribution is -2.15. The van der Waals surface area contributed by atoms with E-state index in [1.165, 1.54) is 0 Å². The molecule has 0 aromatic carbocycles. The summed E-state index contributed by atoms with van der Waals surface area (Å²) in [6.45, 7) is -0.0997. The third kappa shape index (κ3) is 4.56. The summed E-state index contributed by atoms with van der Waals surface area (Å²) < 4.78 is 8.97. The van der Waals surface area contributed by atoms with Gasteiger partial charge >= 0.3 is 11.9 Å². The van der Waals surface area contributed by atoms with Crippen LogP contribution in [0.1, 0.15) is 5.69 Å². The van der Waals surface area contributed by atoms with Crippen molar-refractivity contribution in [3.05, 3.63) is 42.2 Å². The Morgan fingerprint density at radius 1 is 1.28 bits per heavy atom. The standard InChI is InChI=1S/C12H11NO5/c1-17-11(15)6-5-10(14)12(16)18-8-9-4-2-3-7-13-9/h2-7H,8H2,1H3/b6-5+. The smallest absolute Gasteiger partial charge is 0.379 e. The molecule has 0 aliphatic rings. The van der Waals surface area contributed by atoms with Crippen LogP contribution in [0, 0.1) is 0 Å². The van der Waals surface area contributed by atoms with E-state index >= 15 is 0 Å². The lowest BCUT2D eigenvalue weighted by molar-refractivity contribution is -0.152. The van der Waals surface area contributed by atoms with Crippen molar-refractivity contribution < 1.29 is 23.9 Å². The molecule has 0 saturated carbocycles. The number of rotatable bonds is 5. The van der Waals surface area contributed by atoms with Gasteiger partial charge in [-0.3, -0.25) is 9.78 Å². The van der Waals surface area contributed by atoms with Gasteiger partial charge in [-0.05, 0) is 12.1 Å². The number of methoxy groups -OCH3 is 1. The van der Waals surface area contributed by atoms with E-state index in [2.05, 4.69) is 9.72 Å². The molecule has 0 aliphatic heterocycles. The van der Waals surface area contributed by atoms with Crippen molar-refractivity contribution in [2.75, 3.05) is 7.11 Å². The lowest BCUT2D eigenvalue weighted by atomic mass is 10.3. The number of hydrogen-bond acceptors (Lipinski definition) is 6. The predicted molar refractivity (Wildman–Crippen MR) is 60.2 cm³/mol. The third-order valence-electron chi connectivity index (χ3n) is 1.85. The largest absolute Gasteiger partial charge is 0.466 e. The first-order valence-electron chi connectivity index (χ1n) is 5.00. The zero-order valence-corrected chi connectivity index (χ0v) is 9.66. The Morgan fingerprint density at radius 2 is 2.06 bits per heavy atom. The van der Waals surface area contributed by atoms with Crippen LogP contribution in [0.4, 0.5) is 0 Å². The van der Waals surface area contributed by atoms with E-state index in [1.807, 2.05) is 0 Å². The van der Waals surface area contributed by atoms with E-state index in [-0.39, 0.29) is 6.61 Å². The van der Waals surface area contributed by atoms with Crippen LogP contribution in [0.2, 0.25) is 0 Å². The molecule has 1 heterocycles. The first kappa shape index (κ1) is 13.6. The van der Waals surface area contributed by atoms with Crippen LogP contribution >= 0.6 is 0 Å². The Bertz CT molecular complexity index is 467. The highest BCUT2D eigenvalue weighted by molar-refractivity contribution is 6.38. The molecule has 0 saturated heterocycles. The third-order valence-corrected chi connectivity index (χ3v) is 1.85. The van der Waals surface area contributed by atoms with Gasteiger partial charge in [0.15, 0.2) is 0 Å². The quantitative estimate of drug-likeness (QED) is 0.427. The van der Waals surface area contributed by atoms with Gasteiger partial charge in [0.05, 0.1) is 12.8 Å². The second-order valence-electron chi connectivity index (χ2n) is 3.12. The monoisotopic (exact) mass is 249 g/mol. The average molecular weight is 249 g/mol. The molecular weight excluding hydrogens is 238 g/mol. The van der Waals surface area contributed by atoms with Crippen molar-refractivity contribution in [2.45, 2.75) is 6.61 Å². The van der Waals surface area contributed by atoms with Crippen LogP contribution in [-0.4, -0.2) is 29.8 Å².